The number of nitrogens with two attached hydrogens (primary N) is 1. The Hall–Kier alpha value is -1.05. The van der Waals surface area contributed by atoms with Crippen LogP contribution in [-0.2, 0) is 0 Å². The van der Waals surface area contributed by atoms with Gasteiger partial charge in [0, 0.05) is 0 Å². The van der Waals surface area contributed by atoms with Crippen LogP contribution in [0.5, 0.6) is 0 Å². The molecule has 2 N–H and O–H groups in total. The molecule has 0 aliphatic heterocycles. The maximum absolute atomic E-state index is 11.9. The summed E-state index contributed by atoms with van der Waals surface area (Å²) in [7, 11) is 0. The summed E-state index contributed by atoms with van der Waals surface area (Å²) in [5.74, 6) is -0.178. The van der Waals surface area contributed by atoms with Gasteiger partial charge < -0.3 is 5.73 Å². The van der Waals surface area contributed by atoms with Crippen molar-refractivity contribution < 1.29 is 4.39 Å². The second kappa shape index (κ2) is 10.8. The Labute approximate surface area is 61.7 Å². The van der Waals surface area contributed by atoms with Crippen LogP contribution in [0, 0.1) is 0 Å². The molecule has 1 nitrogen and oxygen atoms in total. The summed E-state index contributed by atoms with van der Waals surface area (Å²) < 4.78 is 11.9. The van der Waals surface area contributed by atoms with E-state index in [-0.39, 0.29) is 5.83 Å². The molecule has 0 aliphatic carbocycles. The van der Waals surface area contributed by atoms with Gasteiger partial charge in [0.1, 0.15) is 5.83 Å². The smallest absolute Gasteiger partial charge is 0.118 e. The summed E-state index contributed by atoms with van der Waals surface area (Å²) in [6, 6.07) is 0. The molecule has 0 saturated carbocycles. The van der Waals surface area contributed by atoms with Crippen LogP contribution in [0.4, 0.5) is 4.39 Å². The third kappa shape index (κ3) is 15.8. The van der Waals surface area contributed by atoms with E-state index >= 15 is 0 Å². The molecule has 0 unspecified atom stereocenters. The van der Waals surface area contributed by atoms with Crippen LogP contribution in [0.1, 0.15) is 13.8 Å². The number of rotatable bonds is 1. The zero-order valence-corrected chi connectivity index (χ0v) is 6.47. The van der Waals surface area contributed by atoms with Crippen molar-refractivity contribution in [1.29, 1.82) is 0 Å². The minimum Gasteiger partial charge on any atom is -0.405 e. The van der Waals surface area contributed by atoms with Crippen molar-refractivity contribution in [2.45, 2.75) is 13.8 Å². The van der Waals surface area contributed by atoms with Gasteiger partial charge in [-0.1, -0.05) is 18.7 Å². The number of hydrogen-bond acceptors (Lipinski definition) is 1. The lowest BCUT2D eigenvalue weighted by atomic mass is 10.4. The van der Waals surface area contributed by atoms with Crippen LogP contribution >= 0.6 is 0 Å². The zero-order valence-electron chi connectivity index (χ0n) is 6.47. The Morgan fingerprint density at radius 3 is 2.00 bits per heavy atom. The van der Waals surface area contributed by atoms with Crippen molar-refractivity contribution in [3.63, 3.8) is 0 Å². The molecule has 0 heterocycles. The summed E-state index contributed by atoms with van der Waals surface area (Å²) in [5.41, 5.74) is 4.61. The van der Waals surface area contributed by atoms with Crippen LogP contribution in [0.15, 0.2) is 36.8 Å². The normalized spacial score (nSPS) is 10.5. The third-order valence-electron chi connectivity index (χ3n) is 0.602. The highest BCUT2D eigenvalue weighted by Gasteiger charge is 1.75. The Morgan fingerprint density at radius 2 is 1.90 bits per heavy atom. The van der Waals surface area contributed by atoms with Gasteiger partial charge in [0.15, 0.2) is 0 Å². The van der Waals surface area contributed by atoms with E-state index in [4.69, 9.17) is 0 Å². The molecule has 0 aliphatic rings. The van der Waals surface area contributed by atoms with Crippen molar-refractivity contribution in [2.75, 3.05) is 0 Å². The summed E-state index contributed by atoms with van der Waals surface area (Å²) >= 11 is 0. The first-order valence-electron chi connectivity index (χ1n) is 3.00. The van der Waals surface area contributed by atoms with E-state index in [9.17, 15) is 4.39 Å². The number of allylic oxidation sites excluding steroid dienone is 4. The number of hydrogen-bond donors (Lipinski definition) is 1. The molecule has 10 heavy (non-hydrogen) atoms. The van der Waals surface area contributed by atoms with E-state index in [1.165, 1.54) is 18.4 Å². The average Bonchev–Trinajstić information content (AvgIpc) is 1.90. The Balaban J connectivity index is 0. The average molecular weight is 143 g/mol. The van der Waals surface area contributed by atoms with Gasteiger partial charge in [0.05, 0.1) is 0 Å². The van der Waals surface area contributed by atoms with Crippen molar-refractivity contribution in [3.05, 3.63) is 36.8 Å². The van der Waals surface area contributed by atoms with Crippen LogP contribution in [0.2, 0.25) is 0 Å². The van der Waals surface area contributed by atoms with E-state index in [1.54, 1.807) is 19.9 Å². The minimum absolute atomic E-state index is 0.178. The molecule has 0 spiro atoms. The van der Waals surface area contributed by atoms with Crippen LogP contribution in [0.25, 0.3) is 0 Å². The van der Waals surface area contributed by atoms with E-state index in [1.807, 2.05) is 0 Å². The quantitative estimate of drug-likeness (QED) is 0.561. The third-order valence-corrected chi connectivity index (χ3v) is 0.602. The lowest BCUT2D eigenvalue weighted by Gasteiger charge is -1.76. The van der Waals surface area contributed by atoms with Crippen molar-refractivity contribution in [1.82, 2.24) is 0 Å². The Morgan fingerprint density at radius 1 is 1.50 bits per heavy atom. The van der Waals surface area contributed by atoms with Crippen molar-refractivity contribution >= 4 is 0 Å². The molecule has 58 valence electrons. The first-order valence-corrected chi connectivity index (χ1v) is 3.00. The molecule has 0 aromatic rings. The fraction of sp³-hybridized carbons (Fsp3) is 0.250. The molecule has 0 rings (SSSR count). The molecule has 0 bridgehead atoms. The number of halogens is 1. The maximum Gasteiger partial charge on any atom is 0.118 e. The van der Waals surface area contributed by atoms with Crippen LogP contribution in [-0.4, -0.2) is 0 Å². The van der Waals surface area contributed by atoms with Crippen molar-refractivity contribution in [3.8, 4) is 0 Å². The van der Waals surface area contributed by atoms with Gasteiger partial charge in [-0.25, -0.2) is 4.39 Å². The van der Waals surface area contributed by atoms with Gasteiger partial charge in [-0.3, -0.25) is 0 Å². The second-order valence-electron chi connectivity index (χ2n) is 1.41. The first kappa shape index (κ1) is 11.7. The van der Waals surface area contributed by atoms with E-state index in [0.717, 1.165) is 0 Å². The molecular formula is C8H14FN. The summed E-state index contributed by atoms with van der Waals surface area (Å²) in [5, 5.41) is 0. The monoisotopic (exact) mass is 143 g/mol. The van der Waals surface area contributed by atoms with Crippen LogP contribution in [0.3, 0.4) is 0 Å². The molecule has 0 fully saturated rings. The molecular weight excluding hydrogens is 129 g/mol. The maximum atomic E-state index is 11.9. The van der Waals surface area contributed by atoms with E-state index in [0.29, 0.717) is 0 Å². The highest BCUT2D eigenvalue weighted by molar-refractivity contribution is 5.08. The standard InChI is InChI=1S/C6H9F.C2H5N/c1-3-5-6(7)4-2;1-2-3/h3-5H,1-2H3;2H,1,3H2/b5-3-,6-4-;. The summed E-state index contributed by atoms with van der Waals surface area (Å²) in [4.78, 5) is 0. The van der Waals surface area contributed by atoms with Crippen molar-refractivity contribution in [2.24, 2.45) is 5.73 Å². The molecule has 0 radical (unpaired) electrons. The van der Waals surface area contributed by atoms with Gasteiger partial charge in [-0.2, -0.15) is 0 Å². The highest BCUT2D eigenvalue weighted by Crippen LogP contribution is 1.95. The van der Waals surface area contributed by atoms with E-state index in [2.05, 4.69) is 12.3 Å². The first-order chi connectivity index (χ1) is 4.72. The lowest BCUT2D eigenvalue weighted by Crippen LogP contribution is -1.67. The molecule has 0 aromatic carbocycles. The fourth-order valence-electron chi connectivity index (χ4n) is 0.255. The Kier molecular flexibility index (Phi) is 12.7. The van der Waals surface area contributed by atoms with Gasteiger partial charge >= 0.3 is 0 Å². The van der Waals surface area contributed by atoms with Gasteiger partial charge in [-0.15, -0.1) is 0 Å². The van der Waals surface area contributed by atoms with E-state index < -0.39 is 0 Å². The minimum atomic E-state index is -0.178. The topological polar surface area (TPSA) is 26.0 Å². The van der Waals surface area contributed by atoms with Gasteiger partial charge in [0.2, 0.25) is 0 Å². The molecule has 0 saturated heterocycles. The lowest BCUT2D eigenvalue weighted by molar-refractivity contribution is 0.664. The van der Waals surface area contributed by atoms with Crippen LogP contribution < -0.4 is 5.73 Å². The molecule has 0 atom stereocenters. The summed E-state index contributed by atoms with van der Waals surface area (Å²) in [6.45, 7) is 6.58. The predicted molar refractivity (Wildman–Crippen MR) is 44.1 cm³/mol. The largest absolute Gasteiger partial charge is 0.405 e. The SMILES string of the molecule is C/C=C\C(F)=C\C.C=CN. The Bertz CT molecular complexity index is 125. The fourth-order valence-corrected chi connectivity index (χ4v) is 0.255. The molecule has 0 aromatic heterocycles. The zero-order chi connectivity index (χ0) is 8.41. The van der Waals surface area contributed by atoms with Gasteiger partial charge in [-0.05, 0) is 26.1 Å². The molecule has 0 amide bonds. The summed E-state index contributed by atoms with van der Waals surface area (Å²) in [6.07, 6.45) is 5.75. The van der Waals surface area contributed by atoms with Gasteiger partial charge in [0.25, 0.3) is 0 Å². The predicted octanol–water partition coefficient (Wildman–Crippen LogP) is 2.52. The second-order valence-corrected chi connectivity index (χ2v) is 1.41. The molecule has 2 heteroatoms. The highest BCUT2D eigenvalue weighted by atomic mass is 19.1.